The maximum Gasteiger partial charge on any atom is 0.168 e. The molecular formula is C21H27FN6O. The minimum absolute atomic E-state index is 0.114. The summed E-state index contributed by atoms with van der Waals surface area (Å²) in [6.45, 7) is 8.15. The first-order valence-electron chi connectivity index (χ1n) is 10.1. The zero-order chi connectivity index (χ0) is 20.2. The van der Waals surface area contributed by atoms with E-state index in [1.807, 2.05) is 28.9 Å². The van der Waals surface area contributed by atoms with E-state index in [1.165, 1.54) is 6.07 Å². The molecule has 4 rings (SSSR count). The molecule has 0 amide bonds. The molecule has 0 radical (unpaired) electrons. The summed E-state index contributed by atoms with van der Waals surface area (Å²) in [6, 6.07) is 10.9. The van der Waals surface area contributed by atoms with Gasteiger partial charge in [0.1, 0.15) is 18.1 Å². The van der Waals surface area contributed by atoms with Gasteiger partial charge < -0.3 is 9.32 Å². The van der Waals surface area contributed by atoms with E-state index in [2.05, 4.69) is 39.2 Å². The van der Waals surface area contributed by atoms with Crippen molar-refractivity contribution in [2.45, 2.75) is 32.9 Å². The Morgan fingerprint density at radius 1 is 1.07 bits per heavy atom. The van der Waals surface area contributed by atoms with Crippen LogP contribution in [-0.4, -0.2) is 51.3 Å². The molecule has 0 aliphatic carbocycles. The Bertz CT molecular complexity index is 902. The van der Waals surface area contributed by atoms with Crippen molar-refractivity contribution in [2.75, 3.05) is 31.1 Å². The normalized spacial score (nSPS) is 16.5. The minimum Gasteiger partial charge on any atom is -0.467 e. The molecule has 8 heteroatoms. The molecule has 0 N–H and O–H groups in total. The van der Waals surface area contributed by atoms with Gasteiger partial charge in [0.05, 0.1) is 18.0 Å². The fourth-order valence-electron chi connectivity index (χ4n) is 3.96. The van der Waals surface area contributed by atoms with Gasteiger partial charge in [-0.15, -0.1) is 5.10 Å². The van der Waals surface area contributed by atoms with E-state index in [-0.39, 0.29) is 11.9 Å². The standard InChI is InChI=1S/C21H27FN6O/c1-16(2)14-20(21-23-24-25-28(21)15-17-6-5-13-29-17)27-11-9-26(10-12-27)19-8-4-3-7-18(19)22/h3-8,13,16,20H,9-12,14-15H2,1-2H3/t20-/m0/s1. The molecule has 1 aliphatic rings. The number of nitrogens with zero attached hydrogens (tertiary/aromatic N) is 6. The Morgan fingerprint density at radius 2 is 1.86 bits per heavy atom. The number of aromatic nitrogens is 4. The first kappa shape index (κ1) is 19.6. The lowest BCUT2D eigenvalue weighted by atomic mass is 10.0. The van der Waals surface area contributed by atoms with E-state index >= 15 is 0 Å². The van der Waals surface area contributed by atoms with Crippen LogP contribution in [0.1, 0.15) is 37.9 Å². The second kappa shape index (κ2) is 8.73. The van der Waals surface area contributed by atoms with Crippen LogP contribution in [-0.2, 0) is 6.54 Å². The predicted octanol–water partition coefficient (Wildman–Crippen LogP) is 3.36. The summed E-state index contributed by atoms with van der Waals surface area (Å²) in [7, 11) is 0. The molecule has 3 aromatic rings. The van der Waals surface area contributed by atoms with Crippen LogP contribution in [0.25, 0.3) is 0 Å². The zero-order valence-corrected chi connectivity index (χ0v) is 16.9. The highest BCUT2D eigenvalue weighted by Crippen LogP contribution is 2.29. The van der Waals surface area contributed by atoms with Gasteiger partial charge in [-0.2, -0.15) is 0 Å². The molecule has 1 atom stereocenters. The van der Waals surface area contributed by atoms with Gasteiger partial charge in [-0.3, -0.25) is 4.90 Å². The molecule has 1 saturated heterocycles. The molecule has 0 unspecified atom stereocenters. The van der Waals surface area contributed by atoms with Gasteiger partial charge in [-0.05, 0) is 47.0 Å². The SMILES string of the molecule is CC(C)C[C@@H](c1nnnn1Cc1ccco1)N1CCN(c2ccccc2F)CC1. The molecule has 0 saturated carbocycles. The van der Waals surface area contributed by atoms with Crippen LogP contribution in [0, 0.1) is 11.7 Å². The van der Waals surface area contributed by atoms with Crippen LogP contribution in [0.5, 0.6) is 0 Å². The fourth-order valence-corrected chi connectivity index (χ4v) is 3.96. The number of hydrogen-bond acceptors (Lipinski definition) is 6. The van der Waals surface area contributed by atoms with Crippen LogP contribution in [0.4, 0.5) is 10.1 Å². The molecule has 2 aromatic heterocycles. The Balaban J connectivity index is 1.50. The number of anilines is 1. The monoisotopic (exact) mass is 398 g/mol. The summed E-state index contributed by atoms with van der Waals surface area (Å²) in [5.41, 5.74) is 0.676. The Labute approximate surface area is 170 Å². The third-order valence-electron chi connectivity index (χ3n) is 5.39. The smallest absolute Gasteiger partial charge is 0.168 e. The topological polar surface area (TPSA) is 63.2 Å². The average molecular weight is 398 g/mol. The van der Waals surface area contributed by atoms with Crippen molar-refractivity contribution < 1.29 is 8.81 Å². The zero-order valence-electron chi connectivity index (χ0n) is 16.9. The largest absolute Gasteiger partial charge is 0.467 e. The van der Waals surface area contributed by atoms with Gasteiger partial charge in [0.25, 0.3) is 0 Å². The quantitative estimate of drug-likeness (QED) is 0.608. The molecule has 29 heavy (non-hydrogen) atoms. The van der Waals surface area contributed by atoms with Crippen molar-refractivity contribution in [1.29, 1.82) is 0 Å². The summed E-state index contributed by atoms with van der Waals surface area (Å²) in [4.78, 5) is 4.53. The van der Waals surface area contributed by atoms with Gasteiger partial charge in [-0.1, -0.05) is 26.0 Å². The highest BCUT2D eigenvalue weighted by atomic mass is 19.1. The molecule has 1 aromatic carbocycles. The van der Waals surface area contributed by atoms with Gasteiger partial charge >= 0.3 is 0 Å². The molecule has 0 bridgehead atoms. The Morgan fingerprint density at radius 3 is 2.55 bits per heavy atom. The van der Waals surface area contributed by atoms with Crippen molar-refractivity contribution in [3.63, 3.8) is 0 Å². The number of piperazine rings is 1. The molecule has 1 aliphatic heterocycles. The number of tetrazole rings is 1. The highest BCUT2D eigenvalue weighted by molar-refractivity contribution is 5.48. The summed E-state index contributed by atoms with van der Waals surface area (Å²) < 4.78 is 21.5. The van der Waals surface area contributed by atoms with E-state index in [9.17, 15) is 4.39 Å². The van der Waals surface area contributed by atoms with Crippen LogP contribution >= 0.6 is 0 Å². The lowest BCUT2D eigenvalue weighted by molar-refractivity contribution is 0.152. The summed E-state index contributed by atoms with van der Waals surface area (Å²) >= 11 is 0. The number of benzene rings is 1. The van der Waals surface area contributed by atoms with Crippen LogP contribution in [0.3, 0.4) is 0 Å². The van der Waals surface area contributed by atoms with Crippen LogP contribution in [0.15, 0.2) is 47.1 Å². The van der Waals surface area contributed by atoms with E-state index in [0.29, 0.717) is 18.2 Å². The van der Waals surface area contributed by atoms with Crippen LogP contribution < -0.4 is 4.90 Å². The van der Waals surface area contributed by atoms with Crippen molar-refractivity contribution >= 4 is 5.69 Å². The summed E-state index contributed by atoms with van der Waals surface area (Å²) in [5, 5.41) is 12.5. The Kier molecular flexibility index (Phi) is 5.89. The maximum absolute atomic E-state index is 14.2. The number of para-hydroxylation sites is 1. The van der Waals surface area contributed by atoms with E-state index < -0.39 is 0 Å². The minimum atomic E-state index is -0.165. The second-order valence-corrected chi connectivity index (χ2v) is 7.89. The second-order valence-electron chi connectivity index (χ2n) is 7.89. The Hall–Kier alpha value is -2.74. The van der Waals surface area contributed by atoms with Gasteiger partial charge in [0, 0.05) is 26.2 Å². The highest BCUT2D eigenvalue weighted by Gasteiger charge is 2.30. The molecule has 154 valence electrons. The van der Waals surface area contributed by atoms with E-state index in [0.717, 1.165) is 44.2 Å². The van der Waals surface area contributed by atoms with Crippen molar-refractivity contribution in [3.8, 4) is 0 Å². The molecule has 3 heterocycles. The van der Waals surface area contributed by atoms with Gasteiger partial charge in [0.15, 0.2) is 5.82 Å². The third kappa shape index (κ3) is 4.48. The number of rotatable bonds is 7. The predicted molar refractivity (Wildman–Crippen MR) is 108 cm³/mol. The number of halogens is 1. The van der Waals surface area contributed by atoms with Gasteiger partial charge in [0.2, 0.25) is 0 Å². The number of hydrogen-bond donors (Lipinski definition) is 0. The van der Waals surface area contributed by atoms with E-state index in [4.69, 9.17) is 4.42 Å². The third-order valence-corrected chi connectivity index (χ3v) is 5.39. The lowest BCUT2D eigenvalue weighted by Gasteiger charge is -2.40. The lowest BCUT2D eigenvalue weighted by Crippen LogP contribution is -2.48. The van der Waals surface area contributed by atoms with Gasteiger partial charge in [-0.25, -0.2) is 9.07 Å². The van der Waals surface area contributed by atoms with Crippen molar-refractivity contribution in [2.24, 2.45) is 5.92 Å². The first-order chi connectivity index (χ1) is 14.1. The molecular weight excluding hydrogens is 371 g/mol. The maximum atomic E-state index is 14.2. The van der Waals surface area contributed by atoms with E-state index in [1.54, 1.807) is 12.3 Å². The van der Waals surface area contributed by atoms with Crippen molar-refractivity contribution in [3.05, 3.63) is 60.1 Å². The first-order valence-corrected chi connectivity index (χ1v) is 10.1. The number of furan rings is 1. The molecule has 1 fully saturated rings. The summed E-state index contributed by atoms with van der Waals surface area (Å²) in [5.74, 6) is 2.01. The molecule has 0 spiro atoms. The van der Waals surface area contributed by atoms with Crippen LogP contribution in [0.2, 0.25) is 0 Å². The summed E-state index contributed by atoms with van der Waals surface area (Å²) in [6.07, 6.45) is 2.62. The average Bonchev–Trinajstić information content (AvgIpc) is 3.39. The fraction of sp³-hybridized carbons (Fsp3) is 0.476. The van der Waals surface area contributed by atoms with Crippen molar-refractivity contribution in [1.82, 2.24) is 25.1 Å². The molecule has 7 nitrogen and oxygen atoms in total.